The van der Waals surface area contributed by atoms with E-state index >= 15 is 0 Å². The minimum Gasteiger partial charge on any atom is -0.462 e. The molecule has 0 atom stereocenters. The molecular formula is C17H16O4. The highest BCUT2D eigenvalue weighted by Gasteiger charge is 2.06. The Hall–Kier alpha value is -2.62. The molecule has 0 unspecified atom stereocenters. The van der Waals surface area contributed by atoms with Gasteiger partial charge in [-0.15, -0.1) is 0 Å². The summed E-state index contributed by atoms with van der Waals surface area (Å²) in [7, 11) is 0. The molecule has 0 fully saturated rings. The summed E-state index contributed by atoms with van der Waals surface area (Å²) in [5, 5.41) is 0. The fourth-order valence-electron chi connectivity index (χ4n) is 1.77. The van der Waals surface area contributed by atoms with Crippen LogP contribution in [0.1, 0.15) is 34.6 Å². The van der Waals surface area contributed by atoms with Gasteiger partial charge in [-0.1, -0.05) is 0 Å². The van der Waals surface area contributed by atoms with Gasteiger partial charge in [0, 0.05) is 5.56 Å². The van der Waals surface area contributed by atoms with Crippen LogP contribution in [0.3, 0.4) is 0 Å². The SMILES string of the molecule is CCOC(=O)c1ccc(Oc2ccc(C(C)=O)cc2)cc1. The van der Waals surface area contributed by atoms with Gasteiger partial charge in [0.15, 0.2) is 5.78 Å². The first-order valence-electron chi connectivity index (χ1n) is 6.66. The number of carbonyl (C=O) groups is 2. The molecular weight excluding hydrogens is 268 g/mol. The topological polar surface area (TPSA) is 52.6 Å². The minimum atomic E-state index is -0.352. The summed E-state index contributed by atoms with van der Waals surface area (Å²) in [5.74, 6) is 0.901. The zero-order chi connectivity index (χ0) is 15.2. The highest BCUT2D eigenvalue weighted by Crippen LogP contribution is 2.22. The van der Waals surface area contributed by atoms with E-state index in [9.17, 15) is 9.59 Å². The second kappa shape index (κ2) is 6.70. The molecule has 0 amide bonds. The van der Waals surface area contributed by atoms with Crippen LogP contribution < -0.4 is 4.74 Å². The van der Waals surface area contributed by atoms with Crippen LogP contribution in [0, 0.1) is 0 Å². The van der Waals surface area contributed by atoms with Gasteiger partial charge >= 0.3 is 5.97 Å². The number of carbonyl (C=O) groups excluding carboxylic acids is 2. The standard InChI is InChI=1S/C17H16O4/c1-3-20-17(19)14-6-10-16(11-7-14)21-15-8-4-13(5-9-15)12(2)18/h4-11H,3H2,1-2H3. The van der Waals surface area contributed by atoms with Crippen molar-refractivity contribution in [2.75, 3.05) is 6.61 Å². The van der Waals surface area contributed by atoms with E-state index in [1.54, 1.807) is 55.5 Å². The number of rotatable bonds is 5. The van der Waals surface area contributed by atoms with Gasteiger partial charge in [0.1, 0.15) is 11.5 Å². The fraction of sp³-hybridized carbons (Fsp3) is 0.176. The number of esters is 1. The van der Waals surface area contributed by atoms with E-state index in [2.05, 4.69) is 0 Å². The molecule has 2 rings (SSSR count). The summed E-state index contributed by atoms with van der Waals surface area (Å²) in [5.41, 5.74) is 1.12. The first-order valence-corrected chi connectivity index (χ1v) is 6.66. The molecule has 0 aromatic heterocycles. The number of hydrogen-bond donors (Lipinski definition) is 0. The average Bonchev–Trinajstić information content (AvgIpc) is 2.49. The molecule has 108 valence electrons. The molecule has 0 aliphatic rings. The summed E-state index contributed by atoms with van der Waals surface area (Å²) in [6.07, 6.45) is 0. The Labute approximate surface area is 123 Å². The zero-order valence-corrected chi connectivity index (χ0v) is 12.0. The largest absolute Gasteiger partial charge is 0.462 e. The van der Waals surface area contributed by atoms with Crippen LogP contribution in [0.15, 0.2) is 48.5 Å². The molecule has 0 N–H and O–H groups in total. The maximum atomic E-state index is 11.5. The average molecular weight is 284 g/mol. The van der Waals surface area contributed by atoms with Crippen LogP contribution in [0.5, 0.6) is 11.5 Å². The number of ketones is 1. The van der Waals surface area contributed by atoms with Gasteiger partial charge in [0.25, 0.3) is 0 Å². The van der Waals surface area contributed by atoms with Crippen molar-refractivity contribution in [3.8, 4) is 11.5 Å². The smallest absolute Gasteiger partial charge is 0.338 e. The Morgan fingerprint density at radius 3 is 1.76 bits per heavy atom. The molecule has 2 aromatic carbocycles. The summed E-state index contributed by atoms with van der Waals surface area (Å²) in [6.45, 7) is 3.63. The van der Waals surface area contributed by atoms with Crippen LogP contribution in [-0.4, -0.2) is 18.4 Å². The Morgan fingerprint density at radius 2 is 1.33 bits per heavy atom. The van der Waals surface area contributed by atoms with Crippen molar-refractivity contribution >= 4 is 11.8 Å². The predicted octanol–water partition coefficient (Wildman–Crippen LogP) is 3.86. The first kappa shape index (κ1) is 14.8. The van der Waals surface area contributed by atoms with E-state index in [1.807, 2.05) is 0 Å². The van der Waals surface area contributed by atoms with Gasteiger partial charge in [-0.3, -0.25) is 4.79 Å². The Balaban J connectivity index is 2.06. The molecule has 0 heterocycles. The van der Waals surface area contributed by atoms with Gasteiger partial charge in [0.2, 0.25) is 0 Å². The second-order valence-corrected chi connectivity index (χ2v) is 4.43. The molecule has 4 heteroatoms. The number of hydrogen-bond acceptors (Lipinski definition) is 4. The summed E-state index contributed by atoms with van der Waals surface area (Å²) in [4.78, 5) is 22.7. The van der Waals surface area contributed by atoms with E-state index in [4.69, 9.17) is 9.47 Å². The molecule has 0 aliphatic carbocycles. The van der Waals surface area contributed by atoms with Crippen molar-refractivity contribution in [3.63, 3.8) is 0 Å². The molecule has 0 saturated carbocycles. The lowest BCUT2D eigenvalue weighted by atomic mass is 10.1. The van der Waals surface area contributed by atoms with Gasteiger partial charge in [-0.2, -0.15) is 0 Å². The Bertz CT molecular complexity index is 627. The molecule has 0 radical (unpaired) electrons. The monoisotopic (exact) mass is 284 g/mol. The molecule has 0 bridgehead atoms. The maximum absolute atomic E-state index is 11.5. The van der Waals surface area contributed by atoms with E-state index in [0.717, 1.165) is 0 Å². The lowest BCUT2D eigenvalue weighted by molar-refractivity contribution is 0.0526. The predicted molar refractivity (Wildman–Crippen MR) is 78.9 cm³/mol. The zero-order valence-electron chi connectivity index (χ0n) is 12.0. The first-order chi connectivity index (χ1) is 10.1. The lowest BCUT2D eigenvalue weighted by Crippen LogP contribution is -2.03. The summed E-state index contributed by atoms with van der Waals surface area (Å²) < 4.78 is 10.6. The number of ether oxygens (including phenoxy) is 2. The molecule has 21 heavy (non-hydrogen) atoms. The highest BCUT2D eigenvalue weighted by atomic mass is 16.5. The molecule has 0 spiro atoms. The number of Topliss-reactive ketones (excluding diaryl/α,β-unsaturated/α-hetero) is 1. The van der Waals surface area contributed by atoms with Gasteiger partial charge in [-0.25, -0.2) is 4.79 Å². The van der Waals surface area contributed by atoms with Crippen LogP contribution in [-0.2, 0) is 4.74 Å². The van der Waals surface area contributed by atoms with Crippen LogP contribution in [0.25, 0.3) is 0 Å². The minimum absolute atomic E-state index is 0.0142. The van der Waals surface area contributed by atoms with Gasteiger partial charge in [-0.05, 0) is 62.4 Å². The quantitative estimate of drug-likeness (QED) is 0.618. The van der Waals surface area contributed by atoms with Gasteiger partial charge in [0.05, 0.1) is 12.2 Å². The van der Waals surface area contributed by atoms with Gasteiger partial charge < -0.3 is 9.47 Å². The normalized spacial score (nSPS) is 10.0. The molecule has 0 saturated heterocycles. The third-order valence-electron chi connectivity index (χ3n) is 2.86. The third kappa shape index (κ3) is 3.92. The Morgan fingerprint density at radius 1 is 0.857 bits per heavy atom. The van der Waals surface area contributed by atoms with Crippen molar-refractivity contribution in [1.82, 2.24) is 0 Å². The van der Waals surface area contributed by atoms with Crippen LogP contribution in [0.2, 0.25) is 0 Å². The van der Waals surface area contributed by atoms with E-state index in [-0.39, 0.29) is 11.8 Å². The van der Waals surface area contributed by atoms with Crippen molar-refractivity contribution in [2.45, 2.75) is 13.8 Å². The van der Waals surface area contributed by atoms with Crippen LogP contribution >= 0.6 is 0 Å². The van der Waals surface area contributed by atoms with Crippen molar-refractivity contribution < 1.29 is 19.1 Å². The van der Waals surface area contributed by atoms with Crippen molar-refractivity contribution in [1.29, 1.82) is 0 Å². The van der Waals surface area contributed by atoms with E-state index in [0.29, 0.717) is 29.2 Å². The highest BCUT2D eigenvalue weighted by molar-refractivity contribution is 5.94. The number of benzene rings is 2. The van der Waals surface area contributed by atoms with Crippen molar-refractivity contribution in [2.24, 2.45) is 0 Å². The summed E-state index contributed by atoms with van der Waals surface area (Å²) in [6, 6.07) is 13.6. The van der Waals surface area contributed by atoms with E-state index < -0.39 is 0 Å². The second-order valence-electron chi connectivity index (χ2n) is 4.43. The molecule has 0 aliphatic heterocycles. The van der Waals surface area contributed by atoms with E-state index in [1.165, 1.54) is 6.92 Å². The lowest BCUT2D eigenvalue weighted by Gasteiger charge is -2.07. The molecule has 2 aromatic rings. The Kier molecular flexibility index (Phi) is 4.72. The third-order valence-corrected chi connectivity index (χ3v) is 2.86. The van der Waals surface area contributed by atoms with Crippen molar-refractivity contribution in [3.05, 3.63) is 59.7 Å². The molecule has 4 nitrogen and oxygen atoms in total. The van der Waals surface area contributed by atoms with Crippen LogP contribution in [0.4, 0.5) is 0 Å². The maximum Gasteiger partial charge on any atom is 0.338 e. The fourth-order valence-corrected chi connectivity index (χ4v) is 1.77. The summed E-state index contributed by atoms with van der Waals surface area (Å²) >= 11 is 0.